The van der Waals surface area contributed by atoms with Crippen LogP contribution in [-0.2, 0) is 0 Å². The van der Waals surface area contributed by atoms with Gasteiger partial charge in [0.25, 0.3) is 0 Å². The number of rotatable bonds is 6. The standard InChI is InChI=1S/C16H31NO/c1-12(18)10-16(2,3)11-17-15-6-4-5-14(9-15)13-7-8-13/h12-15,17-18H,4-11H2,1-3H3/t12-,14-,15+/m0/s1. The van der Waals surface area contributed by atoms with Crippen LogP contribution in [0.4, 0.5) is 0 Å². The van der Waals surface area contributed by atoms with E-state index in [9.17, 15) is 5.11 Å². The molecule has 18 heavy (non-hydrogen) atoms. The summed E-state index contributed by atoms with van der Waals surface area (Å²) in [7, 11) is 0. The second-order valence-corrected chi connectivity index (χ2v) is 7.56. The lowest BCUT2D eigenvalue weighted by Crippen LogP contribution is -2.41. The number of hydrogen-bond acceptors (Lipinski definition) is 2. The normalized spacial score (nSPS) is 31.3. The van der Waals surface area contributed by atoms with Gasteiger partial charge in [-0.05, 0) is 56.3 Å². The summed E-state index contributed by atoms with van der Waals surface area (Å²) in [4.78, 5) is 0. The van der Waals surface area contributed by atoms with Gasteiger partial charge >= 0.3 is 0 Å². The van der Waals surface area contributed by atoms with E-state index in [1.54, 1.807) is 0 Å². The quantitative estimate of drug-likeness (QED) is 0.761. The maximum absolute atomic E-state index is 9.52. The van der Waals surface area contributed by atoms with E-state index in [0.29, 0.717) is 0 Å². The third-order valence-corrected chi connectivity index (χ3v) is 4.72. The fraction of sp³-hybridized carbons (Fsp3) is 1.00. The minimum absolute atomic E-state index is 0.188. The summed E-state index contributed by atoms with van der Waals surface area (Å²) in [6.45, 7) is 7.45. The van der Waals surface area contributed by atoms with Crippen LogP contribution in [0.1, 0.15) is 65.7 Å². The van der Waals surface area contributed by atoms with Gasteiger partial charge in [0.2, 0.25) is 0 Å². The molecule has 0 heterocycles. The first kappa shape index (κ1) is 14.3. The van der Waals surface area contributed by atoms with Crippen LogP contribution in [0.3, 0.4) is 0 Å². The second kappa shape index (κ2) is 5.92. The van der Waals surface area contributed by atoms with Crippen LogP contribution in [-0.4, -0.2) is 23.8 Å². The van der Waals surface area contributed by atoms with Gasteiger partial charge < -0.3 is 10.4 Å². The molecule has 2 nitrogen and oxygen atoms in total. The topological polar surface area (TPSA) is 32.3 Å². The molecule has 0 aromatic heterocycles. The van der Waals surface area contributed by atoms with E-state index in [1.165, 1.54) is 38.5 Å². The molecule has 2 aliphatic carbocycles. The van der Waals surface area contributed by atoms with Crippen molar-refractivity contribution in [3.63, 3.8) is 0 Å². The van der Waals surface area contributed by atoms with Crippen molar-refractivity contribution >= 4 is 0 Å². The van der Waals surface area contributed by atoms with E-state index < -0.39 is 0 Å². The molecule has 0 aromatic carbocycles. The summed E-state index contributed by atoms with van der Waals surface area (Å²) in [5.74, 6) is 2.08. The predicted octanol–water partition coefficient (Wildman–Crippen LogP) is 3.34. The third-order valence-electron chi connectivity index (χ3n) is 4.72. The van der Waals surface area contributed by atoms with Gasteiger partial charge in [0.15, 0.2) is 0 Å². The highest BCUT2D eigenvalue weighted by atomic mass is 16.3. The highest BCUT2D eigenvalue weighted by Gasteiger charge is 2.34. The third kappa shape index (κ3) is 4.55. The molecule has 0 amide bonds. The zero-order valence-electron chi connectivity index (χ0n) is 12.4. The molecule has 2 N–H and O–H groups in total. The van der Waals surface area contributed by atoms with Gasteiger partial charge in [-0.15, -0.1) is 0 Å². The van der Waals surface area contributed by atoms with Crippen LogP contribution < -0.4 is 5.32 Å². The van der Waals surface area contributed by atoms with Gasteiger partial charge in [0.1, 0.15) is 0 Å². The van der Waals surface area contributed by atoms with Crippen LogP contribution in [0.15, 0.2) is 0 Å². The fourth-order valence-electron chi connectivity index (χ4n) is 3.70. The summed E-state index contributed by atoms with van der Waals surface area (Å²) in [6.07, 6.45) is 9.32. The molecule has 0 spiro atoms. The lowest BCUT2D eigenvalue weighted by Gasteiger charge is -2.34. The molecule has 0 aromatic rings. The minimum atomic E-state index is -0.188. The fourth-order valence-corrected chi connectivity index (χ4v) is 3.70. The van der Waals surface area contributed by atoms with Gasteiger partial charge in [-0.25, -0.2) is 0 Å². The number of aliphatic hydroxyl groups is 1. The molecule has 0 bridgehead atoms. The first-order valence-electron chi connectivity index (χ1n) is 7.88. The summed E-state index contributed by atoms with van der Waals surface area (Å²) < 4.78 is 0. The second-order valence-electron chi connectivity index (χ2n) is 7.56. The Morgan fingerprint density at radius 3 is 2.50 bits per heavy atom. The zero-order chi connectivity index (χ0) is 13.2. The van der Waals surface area contributed by atoms with Crippen molar-refractivity contribution < 1.29 is 5.11 Å². The Balaban J connectivity index is 1.71. The molecule has 2 heteroatoms. The van der Waals surface area contributed by atoms with Crippen molar-refractivity contribution in [3.8, 4) is 0 Å². The number of aliphatic hydroxyl groups excluding tert-OH is 1. The van der Waals surface area contributed by atoms with Crippen LogP contribution in [0.5, 0.6) is 0 Å². The first-order chi connectivity index (χ1) is 8.46. The minimum Gasteiger partial charge on any atom is -0.393 e. The lowest BCUT2D eigenvalue weighted by molar-refractivity contribution is 0.123. The molecule has 0 aliphatic heterocycles. The Labute approximate surface area is 113 Å². The monoisotopic (exact) mass is 253 g/mol. The predicted molar refractivity (Wildman–Crippen MR) is 76.6 cm³/mol. The maximum atomic E-state index is 9.52. The van der Waals surface area contributed by atoms with Crippen molar-refractivity contribution in [2.24, 2.45) is 17.3 Å². The van der Waals surface area contributed by atoms with E-state index in [-0.39, 0.29) is 11.5 Å². The molecule has 2 saturated carbocycles. The van der Waals surface area contributed by atoms with E-state index in [0.717, 1.165) is 30.8 Å². The number of nitrogens with one attached hydrogen (secondary N) is 1. The number of hydrogen-bond donors (Lipinski definition) is 2. The molecule has 106 valence electrons. The van der Waals surface area contributed by atoms with Crippen LogP contribution in [0.2, 0.25) is 0 Å². The SMILES string of the molecule is C[C@H](O)CC(C)(C)CN[C@@H]1CCC[C@H](C2CC2)C1. The summed E-state index contributed by atoms with van der Waals surface area (Å²) in [5.41, 5.74) is 0.209. The van der Waals surface area contributed by atoms with Gasteiger partial charge in [0, 0.05) is 12.6 Å². The first-order valence-corrected chi connectivity index (χ1v) is 7.88. The van der Waals surface area contributed by atoms with Crippen LogP contribution in [0.25, 0.3) is 0 Å². The molecule has 0 radical (unpaired) electrons. The highest BCUT2D eigenvalue weighted by molar-refractivity contribution is 4.88. The van der Waals surface area contributed by atoms with Crippen molar-refractivity contribution in [1.29, 1.82) is 0 Å². The Bertz CT molecular complexity index is 258. The van der Waals surface area contributed by atoms with E-state index >= 15 is 0 Å². The summed E-state index contributed by atoms with van der Waals surface area (Å²) >= 11 is 0. The van der Waals surface area contributed by atoms with Gasteiger partial charge in [0.05, 0.1) is 6.10 Å². The largest absolute Gasteiger partial charge is 0.393 e. The molecule has 2 aliphatic rings. The van der Waals surface area contributed by atoms with E-state index in [4.69, 9.17) is 0 Å². The maximum Gasteiger partial charge on any atom is 0.0517 e. The molecule has 0 unspecified atom stereocenters. The molecule has 0 saturated heterocycles. The summed E-state index contributed by atoms with van der Waals surface area (Å²) in [6, 6.07) is 0.734. The Morgan fingerprint density at radius 1 is 1.17 bits per heavy atom. The van der Waals surface area contributed by atoms with Crippen molar-refractivity contribution in [2.75, 3.05) is 6.54 Å². The Kier molecular flexibility index (Phi) is 4.71. The smallest absolute Gasteiger partial charge is 0.0517 e. The Hall–Kier alpha value is -0.0800. The van der Waals surface area contributed by atoms with E-state index in [2.05, 4.69) is 19.2 Å². The van der Waals surface area contributed by atoms with Crippen molar-refractivity contribution in [1.82, 2.24) is 5.32 Å². The average Bonchev–Trinajstić information content (AvgIpc) is 3.09. The molecule has 3 atom stereocenters. The van der Waals surface area contributed by atoms with Gasteiger partial charge in [-0.1, -0.05) is 26.7 Å². The molecule has 2 fully saturated rings. The highest BCUT2D eigenvalue weighted by Crippen LogP contribution is 2.43. The van der Waals surface area contributed by atoms with Crippen molar-refractivity contribution in [3.05, 3.63) is 0 Å². The van der Waals surface area contributed by atoms with Gasteiger partial charge in [-0.3, -0.25) is 0 Å². The summed E-state index contributed by atoms with van der Waals surface area (Å²) in [5, 5.41) is 13.3. The molecular weight excluding hydrogens is 222 g/mol. The molecular formula is C16H31NO. The molecule has 2 rings (SSSR count). The zero-order valence-corrected chi connectivity index (χ0v) is 12.4. The van der Waals surface area contributed by atoms with Gasteiger partial charge in [-0.2, -0.15) is 0 Å². The van der Waals surface area contributed by atoms with E-state index in [1.807, 2.05) is 6.92 Å². The Morgan fingerprint density at radius 2 is 1.89 bits per heavy atom. The van der Waals surface area contributed by atoms with Crippen LogP contribution >= 0.6 is 0 Å². The average molecular weight is 253 g/mol. The lowest BCUT2D eigenvalue weighted by atomic mass is 9.81. The van der Waals surface area contributed by atoms with Crippen LogP contribution in [0, 0.1) is 17.3 Å². The van der Waals surface area contributed by atoms with Crippen molar-refractivity contribution in [2.45, 2.75) is 77.9 Å².